The molecular weight excluding hydrogens is 203 g/mol. The second-order valence-electron chi connectivity index (χ2n) is 4.80. The quantitative estimate of drug-likeness (QED) is 0.663. The Balaban J connectivity index is 2.11. The molecule has 96 valence electrons. The van der Waals surface area contributed by atoms with Crippen molar-refractivity contribution in [3.63, 3.8) is 0 Å². The molecule has 1 saturated heterocycles. The van der Waals surface area contributed by atoms with Crippen LogP contribution in [0.3, 0.4) is 0 Å². The topological polar surface area (TPSA) is 6.48 Å². The van der Waals surface area contributed by atoms with Crippen LogP contribution in [0.5, 0.6) is 0 Å². The number of rotatable bonds is 7. The van der Waals surface area contributed by atoms with Crippen LogP contribution in [0.2, 0.25) is 0 Å². The largest absolute Gasteiger partial charge is 0.302 e. The van der Waals surface area contributed by atoms with Crippen molar-refractivity contribution in [2.75, 3.05) is 39.3 Å². The molecule has 0 saturated carbocycles. The van der Waals surface area contributed by atoms with Crippen molar-refractivity contribution >= 4 is 0 Å². The number of halogens is 1. The lowest BCUT2D eigenvalue weighted by molar-refractivity contribution is 0.134. The third-order valence-corrected chi connectivity index (χ3v) is 3.52. The number of alkyl halides is 1. The van der Waals surface area contributed by atoms with Gasteiger partial charge in [0.2, 0.25) is 0 Å². The zero-order chi connectivity index (χ0) is 11.8. The Morgan fingerprint density at radius 1 is 1.19 bits per heavy atom. The third kappa shape index (κ3) is 5.26. The van der Waals surface area contributed by atoms with Crippen LogP contribution in [-0.4, -0.2) is 55.2 Å². The molecule has 1 aliphatic rings. The fraction of sp³-hybridized carbons (Fsp3) is 1.00. The molecule has 1 rings (SSSR count). The van der Waals surface area contributed by atoms with Crippen molar-refractivity contribution in [2.45, 2.75) is 45.7 Å². The van der Waals surface area contributed by atoms with Crippen molar-refractivity contribution in [2.24, 2.45) is 0 Å². The number of hydrogen-bond acceptors (Lipinski definition) is 2. The first kappa shape index (κ1) is 13.9. The standard InChI is InChI=1S/C13H27FN2/c1-3-5-8-15(4-2)11-12-16-9-6-13(14)7-10-16/h13H,3-12H2,1-2H3. The van der Waals surface area contributed by atoms with Crippen LogP contribution in [0.25, 0.3) is 0 Å². The second-order valence-corrected chi connectivity index (χ2v) is 4.80. The molecule has 1 fully saturated rings. The molecule has 0 aromatic rings. The summed E-state index contributed by atoms with van der Waals surface area (Å²) in [5, 5.41) is 0. The summed E-state index contributed by atoms with van der Waals surface area (Å²) in [7, 11) is 0. The number of piperidine rings is 1. The monoisotopic (exact) mass is 230 g/mol. The normalized spacial score (nSPS) is 19.5. The van der Waals surface area contributed by atoms with Crippen LogP contribution in [-0.2, 0) is 0 Å². The van der Waals surface area contributed by atoms with Crippen LogP contribution in [0.15, 0.2) is 0 Å². The van der Waals surface area contributed by atoms with Crippen molar-refractivity contribution < 1.29 is 4.39 Å². The van der Waals surface area contributed by atoms with Gasteiger partial charge in [0.15, 0.2) is 0 Å². The first-order valence-corrected chi connectivity index (χ1v) is 6.85. The van der Waals surface area contributed by atoms with Crippen LogP contribution in [0, 0.1) is 0 Å². The summed E-state index contributed by atoms with van der Waals surface area (Å²) >= 11 is 0. The van der Waals surface area contributed by atoms with Crippen LogP contribution in [0.1, 0.15) is 39.5 Å². The minimum absolute atomic E-state index is 0.543. The summed E-state index contributed by atoms with van der Waals surface area (Å²) in [6.45, 7) is 11.0. The summed E-state index contributed by atoms with van der Waals surface area (Å²) in [5.41, 5.74) is 0. The summed E-state index contributed by atoms with van der Waals surface area (Å²) in [4.78, 5) is 4.91. The lowest BCUT2D eigenvalue weighted by atomic mass is 10.1. The Morgan fingerprint density at radius 2 is 1.88 bits per heavy atom. The molecule has 16 heavy (non-hydrogen) atoms. The van der Waals surface area contributed by atoms with E-state index in [1.165, 1.54) is 19.4 Å². The molecule has 0 bridgehead atoms. The van der Waals surface area contributed by atoms with Gasteiger partial charge in [-0.25, -0.2) is 4.39 Å². The predicted octanol–water partition coefficient (Wildman–Crippen LogP) is 2.54. The number of nitrogens with zero attached hydrogens (tertiary/aromatic N) is 2. The molecule has 0 aromatic carbocycles. The molecule has 0 atom stereocenters. The van der Waals surface area contributed by atoms with E-state index < -0.39 is 6.17 Å². The number of unbranched alkanes of at least 4 members (excludes halogenated alkanes) is 1. The maximum absolute atomic E-state index is 13.0. The Kier molecular flexibility index (Phi) is 6.97. The Bertz CT molecular complexity index is 163. The van der Waals surface area contributed by atoms with Gasteiger partial charge in [0.25, 0.3) is 0 Å². The molecule has 0 aliphatic carbocycles. The molecular formula is C13H27FN2. The lowest BCUT2D eigenvalue weighted by Gasteiger charge is -2.30. The van der Waals surface area contributed by atoms with E-state index in [0.717, 1.165) is 45.6 Å². The molecule has 1 heterocycles. The highest BCUT2D eigenvalue weighted by Gasteiger charge is 2.18. The highest BCUT2D eigenvalue weighted by atomic mass is 19.1. The van der Waals surface area contributed by atoms with E-state index in [0.29, 0.717) is 0 Å². The minimum atomic E-state index is -0.543. The first-order chi connectivity index (χ1) is 7.76. The fourth-order valence-corrected chi connectivity index (χ4v) is 2.22. The van der Waals surface area contributed by atoms with E-state index in [-0.39, 0.29) is 0 Å². The van der Waals surface area contributed by atoms with Gasteiger partial charge in [-0.3, -0.25) is 0 Å². The average molecular weight is 230 g/mol. The van der Waals surface area contributed by atoms with E-state index in [4.69, 9.17) is 0 Å². The van der Waals surface area contributed by atoms with Gasteiger partial charge >= 0.3 is 0 Å². The number of likely N-dealkylation sites (tertiary alicyclic amines) is 1. The smallest absolute Gasteiger partial charge is 0.103 e. The molecule has 3 heteroatoms. The summed E-state index contributed by atoms with van der Waals surface area (Å²) in [6.07, 6.45) is 3.49. The molecule has 0 amide bonds. The van der Waals surface area contributed by atoms with Gasteiger partial charge in [-0.15, -0.1) is 0 Å². The summed E-state index contributed by atoms with van der Waals surface area (Å²) in [6, 6.07) is 0. The van der Waals surface area contributed by atoms with Crippen molar-refractivity contribution in [3.8, 4) is 0 Å². The van der Waals surface area contributed by atoms with Gasteiger partial charge in [-0.2, -0.15) is 0 Å². The zero-order valence-corrected chi connectivity index (χ0v) is 10.9. The van der Waals surface area contributed by atoms with Crippen LogP contribution >= 0.6 is 0 Å². The molecule has 1 aliphatic heterocycles. The van der Waals surface area contributed by atoms with Gasteiger partial charge in [-0.1, -0.05) is 20.3 Å². The van der Waals surface area contributed by atoms with E-state index in [9.17, 15) is 4.39 Å². The van der Waals surface area contributed by atoms with Gasteiger partial charge < -0.3 is 9.80 Å². The Morgan fingerprint density at radius 3 is 2.44 bits per heavy atom. The fourth-order valence-electron chi connectivity index (χ4n) is 2.22. The number of likely N-dealkylation sites (N-methyl/N-ethyl adjacent to an activating group) is 1. The number of hydrogen-bond donors (Lipinski definition) is 0. The third-order valence-electron chi connectivity index (χ3n) is 3.52. The first-order valence-electron chi connectivity index (χ1n) is 6.85. The highest BCUT2D eigenvalue weighted by Crippen LogP contribution is 2.12. The van der Waals surface area contributed by atoms with Gasteiger partial charge in [0.05, 0.1) is 0 Å². The molecule has 0 aromatic heterocycles. The van der Waals surface area contributed by atoms with E-state index >= 15 is 0 Å². The molecule has 0 spiro atoms. The summed E-state index contributed by atoms with van der Waals surface area (Å²) in [5.74, 6) is 0. The Hall–Kier alpha value is -0.150. The van der Waals surface area contributed by atoms with E-state index in [1.807, 2.05) is 0 Å². The SMILES string of the molecule is CCCCN(CC)CCN1CCC(F)CC1. The van der Waals surface area contributed by atoms with Gasteiger partial charge in [0, 0.05) is 26.2 Å². The molecule has 0 N–H and O–H groups in total. The van der Waals surface area contributed by atoms with Crippen molar-refractivity contribution in [1.29, 1.82) is 0 Å². The molecule has 0 radical (unpaired) electrons. The van der Waals surface area contributed by atoms with Crippen molar-refractivity contribution in [1.82, 2.24) is 9.80 Å². The average Bonchev–Trinajstić information content (AvgIpc) is 2.32. The minimum Gasteiger partial charge on any atom is -0.302 e. The Labute approximate surface area is 99.8 Å². The van der Waals surface area contributed by atoms with Gasteiger partial charge in [-0.05, 0) is 32.4 Å². The van der Waals surface area contributed by atoms with E-state index in [1.54, 1.807) is 0 Å². The lowest BCUT2D eigenvalue weighted by Crippen LogP contribution is -2.40. The molecule has 0 unspecified atom stereocenters. The van der Waals surface area contributed by atoms with E-state index in [2.05, 4.69) is 23.6 Å². The molecule has 2 nitrogen and oxygen atoms in total. The predicted molar refractivity (Wildman–Crippen MR) is 67.6 cm³/mol. The van der Waals surface area contributed by atoms with Crippen LogP contribution < -0.4 is 0 Å². The summed E-state index contributed by atoms with van der Waals surface area (Å²) < 4.78 is 13.0. The van der Waals surface area contributed by atoms with Crippen molar-refractivity contribution in [3.05, 3.63) is 0 Å². The van der Waals surface area contributed by atoms with Crippen LogP contribution in [0.4, 0.5) is 4.39 Å². The second kappa shape index (κ2) is 8.02. The highest BCUT2D eigenvalue weighted by molar-refractivity contribution is 4.72. The maximum Gasteiger partial charge on any atom is 0.103 e. The zero-order valence-electron chi connectivity index (χ0n) is 10.9. The van der Waals surface area contributed by atoms with Gasteiger partial charge in [0.1, 0.15) is 6.17 Å². The maximum atomic E-state index is 13.0.